The van der Waals surface area contributed by atoms with Gasteiger partial charge in [-0.2, -0.15) is 9.78 Å². The van der Waals surface area contributed by atoms with Crippen molar-refractivity contribution < 1.29 is 23.7 Å². The zero-order valence-electron chi connectivity index (χ0n) is 19.9. The maximum atomic E-state index is 13.2. The van der Waals surface area contributed by atoms with Crippen LogP contribution in [0.4, 0.5) is 0 Å². The van der Waals surface area contributed by atoms with Crippen LogP contribution >= 0.6 is 0 Å². The highest BCUT2D eigenvalue weighted by atomic mass is 16.6. The minimum absolute atomic E-state index is 0.0470. The van der Waals surface area contributed by atoms with Crippen molar-refractivity contribution in [3.05, 3.63) is 94.5 Å². The summed E-state index contributed by atoms with van der Waals surface area (Å²) in [6.07, 6.45) is 1.52. The third kappa shape index (κ3) is 5.87. The predicted octanol–water partition coefficient (Wildman–Crippen LogP) is 3.81. The molecule has 0 bridgehead atoms. The minimum Gasteiger partial charge on any atom is -0.493 e. The Bertz CT molecular complexity index is 1430. The summed E-state index contributed by atoms with van der Waals surface area (Å²) < 4.78 is 22.8. The first-order valence-electron chi connectivity index (χ1n) is 11.3. The Morgan fingerprint density at radius 1 is 1.00 bits per heavy atom. The molecule has 0 unspecified atom stereocenters. The molecule has 4 aromatic rings. The van der Waals surface area contributed by atoms with Crippen LogP contribution in [-0.2, 0) is 16.1 Å². The minimum atomic E-state index is -0.473. The molecule has 4 rings (SSSR count). The number of para-hydroxylation sites is 2. The number of methoxy groups -OCH3 is 1. The maximum absolute atomic E-state index is 13.2. The summed E-state index contributed by atoms with van der Waals surface area (Å²) in [4.78, 5) is 29.4. The van der Waals surface area contributed by atoms with Gasteiger partial charge in [-0.05, 0) is 55.0 Å². The number of carbonyl (C=O) groups is 1. The number of hydrogen-bond donors (Lipinski definition) is 0. The third-order valence-corrected chi connectivity index (χ3v) is 5.09. The summed E-state index contributed by atoms with van der Waals surface area (Å²) in [5.41, 5.74) is 0.889. The zero-order chi connectivity index (χ0) is 25.3. The predicted molar refractivity (Wildman–Crippen MR) is 135 cm³/mol. The van der Waals surface area contributed by atoms with Crippen LogP contribution in [0.15, 0.2) is 82.7 Å². The number of nitrogens with zero attached hydrogens (tertiary/aromatic N) is 3. The fourth-order valence-corrected chi connectivity index (χ4v) is 3.39. The molecular formula is C27H25N3O6. The van der Waals surface area contributed by atoms with Crippen molar-refractivity contribution in [3.8, 4) is 17.2 Å². The molecule has 0 spiro atoms. The molecule has 0 saturated carbocycles. The largest absolute Gasteiger partial charge is 0.493 e. The van der Waals surface area contributed by atoms with Crippen molar-refractivity contribution in [2.24, 2.45) is 5.10 Å². The molecule has 0 amide bonds. The van der Waals surface area contributed by atoms with E-state index in [1.807, 2.05) is 36.4 Å². The monoisotopic (exact) mass is 487 g/mol. The molecule has 0 atom stereocenters. The van der Waals surface area contributed by atoms with Gasteiger partial charge in [-0.1, -0.05) is 30.3 Å². The van der Waals surface area contributed by atoms with E-state index in [1.165, 1.54) is 18.0 Å². The fraction of sp³-hybridized carbons (Fsp3) is 0.185. The third-order valence-electron chi connectivity index (χ3n) is 5.09. The van der Waals surface area contributed by atoms with Crippen LogP contribution in [0.1, 0.15) is 18.3 Å². The van der Waals surface area contributed by atoms with Crippen LogP contribution in [0.5, 0.6) is 17.2 Å². The van der Waals surface area contributed by atoms with Crippen LogP contribution < -0.4 is 19.8 Å². The second kappa shape index (κ2) is 11.7. The second-order valence-corrected chi connectivity index (χ2v) is 7.51. The molecule has 3 aromatic carbocycles. The second-order valence-electron chi connectivity index (χ2n) is 7.51. The standard InChI is InChI=1S/C27H25N3O6/c1-3-34-26(31)18-36-23-14-13-19(15-24(23)33-2)16-28-30-25(17-35-20-9-5-4-6-10-20)29-22-12-8-7-11-21(22)27(30)32/h4-16H,3,17-18H2,1-2H3. The number of benzene rings is 3. The highest BCUT2D eigenvalue weighted by Gasteiger charge is 2.12. The Kier molecular flexibility index (Phi) is 7.92. The van der Waals surface area contributed by atoms with E-state index in [1.54, 1.807) is 43.3 Å². The van der Waals surface area contributed by atoms with Crippen LogP contribution in [0, 0.1) is 0 Å². The van der Waals surface area contributed by atoms with Gasteiger partial charge >= 0.3 is 5.97 Å². The Labute approximate surface area is 207 Å². The van der Waals surface area contributed by atoms with Crippen LogP contribution in [0.25, 0.3) is 10.9 Å². The molecule has 9 heteroatoms. The van der Waals surface area contributed by atoms with Crippen molar-refractivity contribution in [1.82, 2.24) is 9.66 Å². The first-order chi connectivity index (χ1) is 17.6. The van der Waals surface area contributed by atoms with Crippen molar-refractivity contribution in [2.45, 2.75) is 13.5 Å². The summed E-state index contributed by atoms with van der Waals surface area (Å²) in [6.45, 7) is 1.81. The average Bonchev–Trinajstić information content (AvgIpc) is 2.91. The molecule has 0 aliphatic heterocycles. The van der Waals surface area contributed by atoms with E-state index in [-0.39, 0.29) is 25.4 Å². The number of hydrogen-bond acceptors (Lipinski definition) is 8. The summed E-state index contributed by atoms with van der Waals surface area (Å²) in [5, 5.41) is 4.85. The molecule has 1 aromatic heterocycles. The summed E-state index contributed by atoms with van der Waals surface area (Å²) in [5.74, 6) is 1.31. The number of esters is 1. The van der Waals surface area contributed by atoms with Gasteiger partial charge in [-0.25, -0.2) is 9.78 Å². The van der Waals surface area contributed by atoms with Crippen LogP contribution in [0.3, 0.4) is 0 Å². The van der Waals surface area contributed by atoms with Crippen LogP contribution in [-0.4, -0.2) is 42.2 Å². The van der Waals surface area contributed by atoms with Gasteiger partial charge in [0.1, 0.15) is 12.4 Å². The lowest BCUT2D eigenvalue weighted by Gasteiger charge is -2.12. The lowest BCUT2D eigenvalue weighted by Crippen LogP contribution is -2.23. The fourth-order valence-electron chi connectivity index (χ4n) is 3.39. The van der Waals surface area contributed by atoms with E-state index in [0.29, 0.717) is 39.5 Å². The zero-order valence-corrected chi connectivity index (χ0v) is 19.9. The molecule has 9 nitrogen and oxygen atoms in total. The molecule has 0 saturated heterocycles. The van der Waals surface area contributed by atoms with E-state index >= 15 is 0 Å². The lowest BCUT2D eigenvalue weighted by atomic mass is 10.2. The molecule has 0 radical (unpaired) electrons. The molecule has 0 aliphatic carbocycles. The van der Waals surface area contributed by atoms with Gasteiger partial charge in [-0.15, -0.1) is 0 Å². The normalized spacial score (nSPS) is 10.9. The number of fused-ring (bicyclic) bond motifs is 1. The number of rotatable bonds is 10. The Hall–Kier alpha value is -4.66. The average molecular weight is 488 g/mol. The first-order valence-corrected chi connectivity index (χ1v) is 11.3. The summed E-state index contributed by atoms with van der Waals surface area (Å²) in [6, 6.07) is 21.4. The number of carbonyl (C=O) groups excluding carboxylic acids is 1. The topological polar surface area (TPSA) is 101 Å². The molecule has 184 valence electrons. The molecule has 0 N–H and O–H groups in total. The van der Waals surface area contributed by atoms with Crippen molar-refractivity contribution in [1.29, 1.82) is 0 Å². The van der Waals surface area contributed by atoms with E-state index < -0.39 is 5.97 Å². The van der Waals surface area contributed by atoms with Gasteiger partial charge < -0.3 is 18.9 Å². The van der Waals surface area contributed by atoms with Crippen molar-refractivity contribution in [2.75, 3.05) is 20.3 Å². The highest BCUT2D eigenvalue weighted by Crippen LogP contribution is 2.27. The molecular weight excluding hydrogens is 462 g/mol. The van der Waals surface area contributed by atoms with Gasteiger partial charge in [0.25, 0.3) is 5.56 Å². The molecule has 1 heterocycles. The van der Waals surface area contributed by atoms with E-state index in [4.69, 9.17) is 18.9 Å². The smallest absolute Gasteiger partial charge is 0.344 e. The summed E-state index contributed by atoms with van der Waals surface area (Å²) >= 11 is 0. The summed E-state index contributed by atoms with van der Waals surface area (Å²) in [7, 11) is 1.49. The quantitative estimate of drug-likeness (QED) is 0.248. The first kappa shape index (κ1) is 24.5. The van der Waals surface area contributed by atoms with Gasteiger partial charge in [0.2, 0.25) is 0 Å². The van der Waals surface area contributed by atoms with Crippen LogP contribution in [0.2, 0.25) is 0 Å². The molecule has 0 aliphatic rings. The SMILES string of the molecule is CCOC(=O)COc1ccc(C=Nn2c(COc3ccccc3)nc3ccccc3c2=O)cc1OC. The van der Waals surface area contributed by atoms with Gasteiger partial charge in [0.15, 0.2) is 23.9 Å². The highest BCUT2D eigenvalue weighted by molar-refractivity contribution is 5.81. The Balaban J connectivity index is 1.62. The van der Waals surface area contributed by atoms with E-state index in [0.717, 1.165) is 0 Å². The van der Waals surface area contributed by atoms with Gasteiger partial charge in [0.05, 0.1) is 30.8 Å². The van der Waals surface area contributed by atoms with Gasteiger partial charge in [-0.3, -0.25) is 4.79 Å². The number of aromatic nitrogens is 2. The van der Waals surface area contributed by atoms with Crippen molar-refractivity contribution >= 4 is 23.1 Å². The Morgan fingerprint density at radius 3 is 2.56 bits per heavy atom. The Morgan fingerprint density at radius 2 is 1.78 bits per heavy atom. The maximum Gasteiger partial charge on any atom is 0.344 e. The van der Waals surface area contributed by atoms with E-state index in [2.05, 4.69) is 10.1 Å². The molecule has 0 fully saturated rings. The van der Waals surface area contributed by atoms with Gasteiger partial charge in [0, 0.05) is 0 Å². The number of ether oxygens (including phenoxy) is 4. The van der Waals surface area contributed by atoms with E-state index in [9.17, 15) is 9.59 Å². The van der Waals surface area contributed by atoms with Crippen molar-refractivity contribution in [3.63, 3.8) is 0 Å². The lowest BCUT2D eigenvalue weighted by molar-refractivity contribution is -0.145. The molecule has 36 heavy (non-hydrogen) atoms.